The molecule has 1 aromatic heterocycles. The van der Waals surface area contributed by atoms with Crippen molar-refractivity contribution in [2.24, 2.45) is 0 Å². The molecule has 0 saturated carbocycles. The summed E-state index contributed by atoms with van der Waals surface area (Å²) in [6.45, 7) is 8.58. The highest BCUT2D eigenvalue weighted by Crippen LogP contribution is 2.18. The predicted molar refractivity (Wildman–Crippen MR) is 75.4 cm³/mol. The molecule has 1 heterocycles. The van der Waals surface area contributed by atoms with Gasteiger partial charge in [-0.2, -0.15) is 0 Å². The van der Waals surface area contributed by atoms with Crippen molar-refractivity contribution in [1.29, 1.82) is 0 Å². The number of rotatable bonds is 7. The zero-order valence-electron chi connectivity index (χ0n) is 11.4. The second-order valence-corrected chi connectivity index (χ2v) is 4.59. The summed E-state index contributed by atoms with van der Waals surface area (Å²) in [7, 11) is 0. The monoisotopic (exact) mass is 235 g/mol. The second-order valence-electron chi connectivity index (χ2n) is 4.59. The quantitative estimate of drug-likeness (QED) is 0.787. The fraction of sp³-hybridized carbons (Fsp3) is 0.643. The van der Waals surface area contributed by atoms with Gasteiger partial charge in [-0.15, -0.1) is 0 Å². The molecule has 1 aromatic rings. The van der Waals surface area contributed by atoms with Crippen molar-refractivity contribution in [2.75, 3.05) is 23.7 Å². The average molecular weight is 235 g/mol. The smallest absolute Gasteiger partial charge is 0.130 e. The van der Waals surface area contributed by atoms with E-state index in [0.717, 1.165) is 30.2 Å². The Balaban J connectivity index is 2.75. The summed E-state index contributed by atoms with van der Waals surface area (Å²) in [5, 5.41) is 0. The number of hydrogen-bond acceptors (Lipinski definition) is 3. The summed E-state index contributed by atoms with van der Waals surface area (Å²) >= 11 is 0. The molecule has 0 spiro atoms. The normalized spacial score (nSPS) is 10.5. The van der Waals surface area contributed by atoms with Crippen LogP contribution in [-0.2, 0) is 0 Å². The van der Waals surface area contributed by atoms with Gasteiger partial charge in [0.15, 0.2) is 0 Å². The van der Waals surface area contributed by atoms with Crippen molar-refractivity contribution in [1.82, 2.24) is 4.98 Å². The average Bonchev–Trinajstić information content (AvgIpc) is 2.33. The van der Waals surface area contributed by atoms with E-state index in [1.165, 1.54) is 25.7 Å². The Hall–Kier alpha value is -1.25. The van der Waals surface area contributed by atoms with E-state index < -0.39 is 0 Å². The van der Waals surface area contributed by atoms with Gasteiger partial charge in [-0.1, -0.05) is 26.7 Å². The van der Waals surface area contributed by atoms with E-state index in [2.05, 4.69) is 23.7 Å². The Bertz CT molecular complexity index is 328. The summed E-state index contributed by atoms with van der Waals surface area (Å²) in [5.74, 6) is 1.02. The lowest BCUT2D eigenvalue weighted by molar-refractivity contribution is 0.671. The summed E-state index contributed by atoms with van der Waals surface area (Å²) in [6, 6.07) is 2.00. The first-order chi connectivity index (χ1) is 8.19. The molecule has 96 valence electrons. The van der Waals surface area contributed by atoms with Crippen LogP contribution >= 0.6 is 0 Å². The molecule has 0 aliphatic carbocycles. The maximum Gasteiger partial charge on any atom is 0.130 e. The molecule has 0 aliphatic heterocycles. The molecule has 0 aliphatic rings. The number of unbranched alkanes of at least 4 members (excludes halogenated alkanes) is 2. The van der Waals surface area contributed by atoms with Gasteiger partial charge in [0.2, 0.25) is 0 Å². The third-order valence-corrected chi connectivity index (χ3v) is 3.02. The Morgan fingerprint density at radius 3 is 2.24 bits per heavy atom. The van der Waals surface area contributed by atoms with Crippen molar-refractivity contribution < 1.29 is 0 Å². The van der Waals surface area contributed by atoms with Crippen LogP contribution in [0.3, 0.4) is 0 Å². The number of hydrogen-bond donors (Lipinski definition) is 1. The number of nitrogens with zero attached hydrogens (tertiary/aromatic N) is 2. The Morgan fingerprint density at radius 1 is 1.18 bits per heavy atom. The molecule has 0 fully saturated rings. The van der Waals surface area contributed by atoms with Gasteiger partial charge >= 0.3 is 0 Å². The summed E-state index contributed by atoms with van der Waals surface area (Å²) in [6.07, 6.45) is 6.71. The first kappa shape index (κ1) is 13.8. The second kappa shape index (κ2) is 7.15. The van der Waals surface area contributed by atoms with Crippen LogP contribution in [0.5, 0.6) is 0 Å². The minimum Gasteiger partial charge on any atom is -0.398 e. The number of nitrogens with two attached hydrogens (primary N) is 1. The molecule has 1 rings (SSSR count). The van der Waals surface area contributed by atoms with Crippen molar-refractivity contribution in [3.63, 3.8) is 0 Å². The lowest BCUT2D eigenvalue weighted by Crippen LogP contribution is -2.26. The van der Waals surface area contributed by atoms with Gasteiger partial charge in [-0.25, -0.2) is 4.98 Å². The number of nitrogen functional groups attached to an aromatic ring is 1. The van der Waals surface area contributed by atoms with E-state index in [9.17, 15) is 0 Å². The standard InChI is InChI=1S/C14H25N3/c1-4-6-8-17(9-7-5-2)14-10-13(15)12(3)11-16-14/h10-11H,4-9H2,1-3H3,(H2,15,16). The number of aromatic nitrogens is 1. The maximum absolute atomic E-state index is 5.95. The van der Waals surface area contributed by atoms with E-state index in [1.54, 1.807) is 0 Å². The van der Waals surface area contributed by atoms with Crippen LogP contribution in [0.2, 0.25) is 0 Å². The third-order valence-electron chi connectivity index (χ3n) is 3.02. The molecule has 0 unspecified atom stereocenters. The van der Waals surface area contributed by atoms with E-state index in [-0.39, 0.29) is 0 Å². The van der Waals surface area contributed by atoms with Gasteiger partial charge in [0.1, 0.15) is 5.82 Å². The summed E-state index contributed by atoms with van der Waals surface area (Å²) < 4.78 is 0. The molecule has 3 nitrogen and oxygen atoms in total. The zero-order chi connectivity index (χ0) is 12.7. The van der Waals surface area contributed by atoms with Crippen molar-refractivity contribution in [3.8, 4) is 0 Å². The topological polar surface area (TPSA) is 42.1 Å². The Morgan fingerprint density at radius 2 is 1.76 bits per heavy atom. The SMILES string of the molecule is CCCCN(CCCC)c1cc(N)c(C)cn1. The zero-order valence-corrected chi connectivity index (χ0v) is 11.4. The summed E-state index contributed by atoms with van der Waals surface area (Å²) in [4.78, 5) is 6.84. The Kier molecular flexibility index (Phi) is 5.81. The highest BCUT2D eigenvalue weighted by Gasteiger charge is 2.08. The highest BCUT2D eigenvalue weighted by atomic mass is 15.2. The van der Waals surface area contributed by atoms with Crippen LogP contribution in [0.1, 0.15) is 45.1 Å². The van der Waals surface area contributed by atoms with Gasteiger partial charge < -0.3 is 10.6 Å². The molecule has 0 amide bonds. The molecule has 0 radical (unpaired) electrons. The lowest BCUT2D eigenvalue weighted by atomic mass is 10.2. The number of anilines is 2. The molecule has 0 bridgehead atoms. The maximum atomic E-state index is 5.95. The van der Waals surface area contributed by atoms with Gasteiger partial charge in [-0.3, -0.25) is 0 Å². The highest BCUT2D eigenvalue weighted by molar-refractivity contribution is 5.54. The largest absolute Gasteiger partial charge is 0.398 e. The number of pyridine rings is 1. The van der Waals surface area contributed by atoms with Crippen molar-refractivity contribution in [2.45, 2.75) is 46.5 Å². The van der Waals surface area contributed by atoms with Gasteiger partial charge in [0.25, 0.3) is 0 Å². The lowest BCUT2D eigenvalue weighted by Gasteiger charge is -2.24. The van der Waals surface area contributed by atoms with Crippen LogP contribution < -0.4 is 10.6 Å². The number of aryl methyl sites for hydroxylation is 1. The fourth-order valence-electron chi connectivity index (χ4n) is 1.74. The molecule has 0 saturated heterocycles. The Labute approximate surface area is 105 Å². The first-order valence-corrected chi connectivity index (χ1v) is 6.66. The first-order valence-electron chi connectivity index (χ1n) is 6.66. The van der Waals surface area contributed by atoms with E-state index in [4.69, 9.17) is 5.73 Å². The molecular formula is C14H25N3. The van der Waals surface area contributed by atoms with Crippen LogP contribution in [0.25, 0.3) is 0 Å². The van der Waals surface area contributed by atoms with E-state index in [1.807, 2.05) is 19.2 Å². The molecular weight excluding hydrogens is 210 g/mol. The van der Waals surface area contributed by atoms with Crippen LogP contribution in [0.4, 0.5) is 11.5 Å². The van der Waals surface area contributed by atoms with Gasteiger partial charge in [-0.05, 0) is 25.3 Å². The van der Waals surface area contributed by atoms with Crippen molar-refractivity contribution in [3.05, 3.63) is 17.8 Å². The minimum atomic E-state index is 0.841. The molecule has 3 heteroatoms. The van der Waals surface area contributed by atoms with Gasteiger partial charge in [0, 0.05) is 31.0 Å². The van der Waals surface area contributed by atoms with Crippen molar-refractivity contribution >= 4 is 11.5 Å². The minimum absolute atomic E-state index is 0.841. The van der Waals surface area contributed by atoms with E-state index in [0.29, 0.717) is 0 Å². The third kappa shape index (κ3) is 4.25. The molecule has 0 atom stereocenters. The fourth-order valence-corrected chi connectivity index (χ4v) is 1.74. The van der Waals surface area contributed by atoms with Crippen LogP contribution in [-0.4, -0.2) is 18.1 Å². The molecule has 0 aromatic carbocycles. The van der Waals surface area contributed by atoms with E-state index >= 15 is 0 Å². The summed E-state index contributed by atoms with van der Waals surface area (Å²) in [5.41, 5.74) is 7.85. The predicted octanol–water partition coefficient (Wildman–Crippen LogP) is 3.38. The molecule has 2 N–H and O–H groups in total. The van der Waals surface area contributed by atoms with Gasteiger partial charge in [0.05, 0.1) is 0 Å². The van der Waals surface area contributed by atoms with Crippen LogP contribution in [0.15, 0.2) is 12.3 Å². The molecule has 17 heavy (non-hydrogen) atoms. The van der Waals surface area contributed by atoms with Crippen LogP contribution in [0, 0.1) is 6.92 Å².